The molecular formula is C19H13NSe. The molecule has 0 N–H and O–H groups in total. The molecule has 0 saturated carbocycles. The molecule has 0 spiro atoms. The molecule has 0 aliphatic heterocycles. The summed E-state index contributed by atoms with van der Waals surface area (Å²) in [5.74, 6) is 0. The number of aromatic nitrogens is 1. The van der Waals surface area contributed by atoms with Crippen LogP contribution in [0, 0.1) is 0 Å². The third-order valence-corrected chi connectivity index (χ3v) is 5.91. The van der Waals surface area contributed by atoms with Gasteiger partial charge in [-0.2, -0.15) is 0 Å². The van der Waals surface area contributed by atoms with Crippen molar-refractivity contribution in [2.75, 3.05) is 0 Å². The molecule has 1 nitrogen and oxygen atoms in total. The van der Waals surface area contributed by atoms with Crippen molar-refractivity contribution in [3.05, 3.63) is 79.0 Å². The monoisotopic (exact) mass is 335 g/mol. The van der Waals surface area contributed by atoms with Crippen LogP contribution in [-0.2, 0) is 0 Å². The summed E-state index contributed by atoms with van der Waals surface area (Å²) >= 11 is 0.360. The number of fused-ring (bicyclic) bond motifs is 1. The number of hydrogen-bond donors (Lipinski definition) is 0. The maximum absolute atomic E-state index is 4.63. The van der Waals surface area contributed by atoms with Crippen LogP contribution in [-0.4, -0.2) is 19.5 Å². The van der Waals surface area contributed by atoms with Gasteiger partial charge >= 0.3 is 129 Å². The average Bonchev–Trinajstić information content (AvgIpc) is 2.99. The second-order valence-corrected chi connectivity index (χ2v) is 7.22. The number of pyridine rings is 1. The molecule has 0 fully saturated rings. The van der Waals surface area contributed by atoms with E-state index in [-0.39, 0.29) is 0 Å². The minimum atomic E-state index is 0.360. The number of nitrogens with zero attached hydrogens (tertiary/aromatic N) is 1. The van der Waals surface area contributed by atoms with E-state index in [0.717, 1.165) is 5.69 Å². The molecule has 4 aromatic rings. The van der Waals surface area contributed by atoms with Gasteiger partial charge in [0.2, 0.25) is 0 Å². The summed E-state index contributed by atoms with van der Waals surface area (Å²) in [7, 11) is 0. The second-order valence-electron chi connectivity index (χ2n) is 4.95. The topological polar surface area (TPSA) is 12.9 Å². The van der Waals surface area contributed by atoms with Crippen LogP contribution in [0.15, 0.2) is 79.0 Å². The second kappa shape index (κ2) is 5.32. The minimum absolute atomic E-state index is 0.360. The molecule has 2 heteroatoms. The van der Waals surface area contributed by atoms with E-state index in [0.29, 0.717) is 14.5 Å². The van der Waals surface area contributed by atoms with Crippen LogP contribution in [0.4, 0.5) is 0 Å². The molecule has 2 heterocycles. The summed E-state index contributed by atoms with van der Waals surface area (Å²) in [6.45, 7) is 0. The van der Waals surface area contributed by atoms with E-state index < -0.39 is 0 Å². The standard InChI is InChI=1S/C19H13NSe/c1-3-7-14(8-4-1)17-11-16-12-18(21-19(16)13-20-17)15-9-5-2-6-10-15/h1-13H. The fraction of sp³-hybridized carbons (Fsp3) is 0. The van der Waals surface area contributed by atoms with E-state index in [4.69, 9.17) is 0 Å². The molecule has 0 amide bonds. The van der Waals surface area contributed by atoms with E-state index in [2.05, 4.69) is 71.7 Å². The Morgan fingerprint density at radius 1 is 0.714 bits per heavy atom. The first-order valence-electron chi connectivity index (χ1n) is 6.90. The van der Waals surface area contributed by atoms with Gasteiger partial charge in [0.25, 0.3) is 0 Å². The molecule has 4 rings (SSSR count). The molecule has 21 heavy (non-hydrogen) atoms. The van der Waals surface area contributed by atoms with Gasteiger partial charge in [-0.15, -0.1) is 0 Å². The first-order chi connectivity index (χ1) is 10.4. The molecule has 0 radical (unpaired) electrons. The fourth-order valence-electron chi connectivity index (χ4n) is 2.46. The zero-order valence-electron chi connectivity index (χ0n) is 11.4. The van der Waals surface area contributed by atoms with Crippen LogP contribution in [0.25, 0.3) is 30.9 Å². The molecule has 100 valence electrons. The van der Waals surface area contributed by atoms with Crippen molar-refractivity contribution < 1.29 is 0 Å². The first kappa shape index (κ1) is 12.6. The number of rotatable bonds is 2. The van der Waals surface area contributed by atoms with Gasteiger partial charge in [-0.05, 0) is 0 Å². The van der Waals surface area contributed by atoms with Crippen LogP contribution in [0.5, 0.6) is 0 Å². The number of benzene rings is 2. The van der Waals surface area contributed by atoms with E-state index in [1.54, 1.807) is 0 Å². The third-order valence-electron chi connectivity index (χ3n) is 3.53. The molecular weight excluding hydrogens is 321 g/mol. The molecule has 0 unspecified atom stereocenters. The first-order valence-corrected chi connectivity index (χ1v) is 8.62. The van der Waals surface area contributed by atoms with Crippen molar-refractivity contribution in [2.24, 2.45) is 0 Å². The van der Waals surface area contributed by atoms with E-state index >= 15 is 0 Å². The van der Waals surface area contributed by atoms with Crippen molar-refractivity contribution in [1.82, 2.24) is 4.98 Å². The van der Waals surface area contributed by atoms with Gasteiger partial charge in [-0.3, -0.25) is 0 Å². The summed E-state index contributed by atoms with van der Waals surface area (Å²) in [4.78, 5) is 4.63. The fourth-order valence-corrected chi connectivity index (χ4v) is 4.59. The Labute approximate surface area is 129 Å². The van der Waals surface area contributed by atoms with Crippen LogP contribution in [0.1, 0.15) is 0 Å². The maximum atomic E-state index is 4.63. The van der Waals surface area contributed by atoms with Crippen molar-refractivity contribution in [3.63, 3.8) is 0 Å². The van der Waals surface area contributed by atoms with Crippen molar-refractivity contribution in [3.8, 4) is 21.3 Å². The Morgan fingerprint density at radius 3 is 2.10 bits per heavy atom. The van der Waals surface area contributed by atoms with Gasteiger partial charge in [0.1, 0.15) is 0 Å². The van der Waals surface area contributed by atoms with Gasteiger partial charge in [0, 0.05) is 0 Å². The summed E-state index contributed by atoms with van der Waals surface area (Å²) < 4.78 is 2.81. The Bertz CT molecular complexity index is 842. The third kappa shape index (κ3) is 2.44. The predicted molar refractivity (Wildman–Crippen MR) is 89.6 cm³/mol. The van der Waals surface area contributed by atoms with E-state index in [1.807, 2.05) is 12.3 Å². The quantitative estimate of drug-likeness (QED) is 0.487. The van der Waals surface area contributed by atoms with Crippen LogP contribution in [0.2, 0.25) is 0 Å². The summed E-state index contributed by atoms with van der Waals surface area (Å²) in [6, 6.07) is 25.5. The summed E-state index contributed by atoms with van der Waals surface area (Å²) in [5, 5.41) is 1.32. The summed E-state index contributed by atoms with van der Waals surface area (Å²) in [6.07, 6.45) is 2.05. The zero-order valence-corrected chi connectivity index (χ0v) is 13.1. The molecule has 0 atom stereocenters. The Morgan fingerprint density at radius 2 is 1.38 bits per heavy atom. The van der Waals surface area contributed by atoms with Gasteiger partial charge in [0.15, 0.2) is 0 Å². The number of hydrogen-bond acceptors (Lipinski definition) is 1. The SMILES string of the molecule is c1ccc(-c2cc3cc(-c4ccccc4)[se]c3cn2)cc1. The molecule has 0 saturated heterocycles. The summed E-state index contributed by atoms with van der Waals surface area (Å²) in [5.41, 5.74) is 3.56. The Balaban J connectivity index is 1.82. The Hall–Kier alpha value is -2.15. The zero-order chi connectivity index (χ0) is 14.1. The van der Waals surface area contributed by atoms with Crippen LogP contribution >= 0.6 is 0 Å². The van der Waals surface area contributed by atoms with E-state index in [1.165, 1.54) is 25.2 Å². The average molecular weight is 334 g/mol. The Kier molecular flexibility index (Phi) is 3.19. The normalized spacial score (nSPS) is 10.9. The van der Waals surface area contributed by atoms with Crippen molar-refractivity contribution in [2.45, 2.75) is 0 Å². The molecule has 0 bridgehead atoms. The van der Waals surface area contributed by atoms with E-state index in [9.17, 15) is 0 Å². The van der Waals surface area contributed by atoms with Crippen molar-refractivity contribution in [1.29, 1.82) is 0 Å². The van der Waals surface area contributed by atoms with Crippen LogP contribution in [0.3, 0.4) is 0 Å². The van der Waals surface area contributed by atoms with Crippen molar-refractivity contribution >= 4 is 24.1 Å². The van der Waals surface area contributed by atoms with Gasteiger partial charge in [0.05, 0.1) is 0 Å². The van der Waals surface area contributed by atoms with Crippen LogP contribution < -0.4 is 0 Å². The van der Waals surface area contributed by atoms with Gasteiger partial charge in [-0.25, -0.2) is 0 Å². The van der Waals surface area contributed by atoms with Gasteiger partial charge in [-0.1, -0.05) is 0 Å². The van der Waals surface area contributed by atoms with Gasteiger partial charge < -0.3 is 0 Å². The molecule has 2 aromatic carbocycles. The molecule has 2 aromatic heterocycles. The molecule has 0 aliphatic carbocycles. The predicted octanol–water partition coefficient (Wildman–Crippen LogP) is 4.63. The molecule has 0 aliphatic rings.